The lowest BCUT2D eigenvalue weighted by Crippen LogP contribution is -1.90. The molecule has 0 bridgehead atoms. The minimum absolute atomic E-state index is 0.592. The predicted molar refractivity (Wildman–Crippen MR) is 70.8 cm³/mol. The molecule has 0 fully saturated rings. The van der Waals surface area contributed by atoms with E-state index in [4.69, 9.17) is 0 Å². The summed E-state index contributed by atoms with van der Waals surface area (Å²) < 4.78 is 1.32. The van der Waals surface area contributed by atoms with Crippen LogP contribution in [-0.4, -0.2) is 0 Å². The molecule has 0 atom stereocenters. The topological polar surface area (TPSA) is 0 Å². The van der Waals surface area contributed by atoms with E-state index in [0.717, 1.165) is 0 Å². The Morgan fingerprint density at radius 2 is 1.79 bits per heavy atom. The Balaban J connectivity index is 2.80. The van der Waals surface area contributed by atoms with Crippen LogP contribution in [0.15, 0.2) is 36.4 Å². The van der Waals surface area contributed by atoms with Crippen LogP contribution in [0.5, 0.6) is 0 Å². The monoisotopic (exact) mass is 296 g/mol. The summed E-state index contributed by atoms with van der Waals surface area (Å²) in [5, 5.41) is 2.74. The molecule has 0 unspecified atom stereocenters. The van der Waals surface area contributed by atoms with Gasteiger partial charge in [-0.25, -0.2) is 0 Å². The van der Waals surface area contributed by atoms with E-state index in [-0.39, 0.29) is 0 Å². The highest BCUT2D eigenvalue weighted by Gasteiger charge is 2.05. The van der Waals surface area contributed by atoms with Crippen LogP contribution in [0.4, 0.5) is 0 Å². The van der Waals surface area contributed by atoms with Crippen LogP contribution < -0.4 is 0 Å². The standard InChI is InChI=1S/C13H13I/c1-9(2)13-8-11(14)7-10-5-3-4-6-12(10)13/h3-9H,1-2H3. The van der Waals surface area contributed by atoms with E-state index in [1.165, 1.54) is 19.9 Å². The van der Waals surface area contributed by atoms with Gasteiger partial charge in [0.05, 0.1) is 0 Å². The van der Waals surface area contributed by atoms with E-state index in [9.17, 15) is 0 Å². The van der Waals surface area contributed by atoms with Crippen LogP contribution in [0.2, 0.25) is 0 Å². The van der Waals surface area contributed by atoms with E-state index < -0.39 is 0 Å². The van der Waals surface area contributed by atoms with Gasteiger partial charge in [0, 0.05) is 3.57 Å². The van der Waals surface area contributed by atoms with Crippen molar-refractivity contribution in [3.05, 3.63) is 45.5 Å². The average molecular weight is 296 g/mol. The molecule has 1 heteroatoms. The second-order valence-electron chi connectivity index (χ2n) is 3.87. The summed E-state index contributed by atoms with van der Waals surface area (Å²) in [4.78, 5) is 0. The zero-order valence-corrected chi connectivity index (χ0v) is 10.6. The molecule has 0 aliphatic carbocycles. The molecule has 2 aromatic rings. The second kappa shape index (κ2) is 3.89. The van der Waals surface area contributed by atoms with Crippen LogP contribution in [0.3, 0.4) is 0 Å². The zero-order chi connectivity index (χ0) is 10.1. The minimum atomic E-state index is 0.592. The van der Waals surface area contributed by atoms with E-state index in [0.29, 0.717) is 5.92 Å². The van der Waals surface area contributed by atoms with Crippen molar-refractivity contribution in [2.45, 2.75) is 19.8 Å². The molecule has 72 valence electrons. The van der Waals surface area contributed by atoms with Crippen molar-refractivity contribution in [2.75, 3.05) is 0 Å². The van der Waals surface area contributed by atoms with Crippen LogP contribution >= 0.6 is 22.6 Å². The third-order valence-corrected chi connectivity index (χ3v) is 3.10. The summed E-state index contributed by atoms with van der Waals surface area (Å²) >= 11 is 2.39. The molecule has 0 aliphatic heterocycles. The molecule has 0 aromatic heterocycles. The molecule has 0 saturated heterocycles. The molecule has 14 heavy (non-hydrogen) atoms. The number of benzene rings is 2. The van der Waals surface area contributed by atoms with Crippen molar-refractivity contribution in [3.8, 4) is 0 Å². The largest absolute Gasteiger partial charge is 0.0616 e. The van der Waals surface area contributed by atoms with E-state index >= 15 is 0 Å². The molecule has 0 N–H and O–H groups in total. The van der Waals surface area contributed by atoms with E-state index in [1.807, 2.05) is 0 Å². The van der Waals surface area contributed by atoms with Crippen LogP contribution in [0.25, 0.3) is 10.8 Å². The Morgan fingerprint density at radius 3 is 2.50 bits per heavy atom. The van der Waals surface area contributed by atoms with Gasteiger partial charge in [0.2, 0.25) is 0 Å². The SMILES string of the molecule is CC(C)c1cc(I)cc2ccccc12. The number of fused-ring (bicyclic) bond motifs is 1. The van der Waals surface area contributed by atoms with E-state index in [1.54, 1.807) is 0 Å². The summed E-state index contributed by atoms with van der Waals surface area (Å²) in [6.07, 6.45) is 0. The molecular formula is C13H13I. The molecule has 0 radical (unpaired) electrons. The average Bonchev–Trinajstić information content (AvgIpc) is 2.16. The number of halogens is 1. The molecule has 0 aliphatic rings. The van der Waals surface area contributed by atoms with Gasteiger partial charge < -0.3 is 0 Å². The van der Waals surface area contributed by atoms with Crippen molar-refractivity contribution >= 4 is 33.4 Å². The van der Waals surface area contributed by atoms with Gasteiger partial charge in [0.1, 0.15) is 0 Å². The molecule has 2 rings (SSSR count). The molecule has 0 nitrogen and oxygen atoms in total. The van der Waals surface area contributed by atoms with Gasteiger partial charge in [-0.15, -0.1) is 0 Å². The number of rotatable bonds is 1. The molecule has 0 spiro atoms. The first-order valence-corrected chi connectivity index (χ1v) is 5.94. The molecular weight excluding hydrogens is 283 g/mol. The van der Waals surface area contributed by atoms with Crippen LogP contribution in [0.1, 0.15) is 25.3 Å². The Hall–Kier alpha value is -0.570. The highest BCUT2D eigenvalue weighted by molar-refractivity contribution is 14.1. The minimum Gasteiger partial charge on any atom is -0.0616 e. The summed E-state index contributed by atoms with van der Waals surface area (Å²) in [6, 6.07) is 13.1. The number of hydrogen-bond acceptors (Lipinski definition) is 0. The first-order valence-electron chi connectivity index (χ1n) is 4.86. The molecule has 0 amide bonds. The van der Waals surface area contributed by atoms with Gasteiger partial charge in [-0.3, -0.25) is 0 Å². The van der Waals surface area contributed by atoms with Gasteiger partial charge in [-0.1, -0.05) is 38.1 Å². The third-order valence-electron chi connectivity index (χ3n) is 2.48. The maximum atomic E-state index is 2.39. The lowest BCUT2D eigenvalue weighted by atomic mass is 9.96. The second-order valence-corrected chi connectivity index (χ2v) is 5.12. The van der Waals surface area contributed by atoms with Gasteiger partial charge in [-0.05, 0) is 57.0 Å². The normalized spacial score (nSPS) is 11.1. The quantitative estimate of drug-likeness (QED) is 0.676. The predicted octanol–water partition coefficient (Wildman–Crippen LogP) is 4.57. The van der Waals surface area contributed by atoms with Crippen molar-refractivity contribution in [2.24, 2.45) is 0 Å². The third kappa shape index (κ3) is 1.78. The van der Waals surface area contributed by atoms with E-state index in [2.05, 4.69) is 72.8 Å². The Labute approximate surface area is 98.5 Å². The first-order chi connectivity index (χ1) is 6.68. The van der Waals surface area contributed by atoms with Gasteiger partial charge in [-0.2, -0.15) is 0 Å². The van der Waals surface area contributed by atoms with Crippen LogP contribution in [-0.2, 0) is 0 Å². The summed E-state index contributed by atoms with van der Waals surface area (Å²) in [7, 11) is 0. The van der Waals surface area contributed by atoms with Crippen LogP contribution in [0, 0.1) is 3.57 Å². The maximum Gasteiger partial charge on any atom is 0.0139 e. The fourth-order valence-electron chi connectivity index (χ4n) is 1.78. The van der Waals surface area contributed by atoms with Gasteiger partial charge >= 0.3 is 0 Å². The molecule has 2 aromatic carbocycles. The van der Waals surface area contributed by atoms with Gasteiger partial charge in [0.15, 0.2) is 0 Å². The summed E-state index contributed by atoms with van der Waals surface area (Å²) in [6.45, 7) is 4.50. The summed E-state index contributed by atoms with van der Waals surface area (Å²) in [5.74, 6) is 0.592. The summed E-state index contributed by atoms with van der Waals surface area (Å²) in [5.41, 5.74) is 1.45. The van der Waals surface area contributed by atoms with Crippen molar-refractivity contribution in [3.63, 3.8) is 0 Å². The fraction of sp³-hybridized carbons (Fsp3) is 0.231. The number of hydrogen-bond donors (Lipinski definition) is 0. The molecule has 0 saturated carbocycles. The smallest absolute Gasteiger partial charge is 0.0139 e. The Morgan fingerprint density at radius 1 is 1.07 bits per heavy atom. The Kier molecular flexibility index (Phi) is 2.77. The van der Waals surface area contributed by atoms with Crippen molar-refractivity contribution in [1.82, 2.24) is 0 Å². The lowest BCUT2D eigenvalue weighted by Gasteiger charge is -2.10. The van der Waals surface area contributed by atoms with Crippen molar-refractivity contribution in [1.29, 1.82) is 0 Å². The maximum absolute atomic E-state index is 2.39. The molecule has 0 heterocycles. The zero-order valence-electron chi connectivity index (χ0n) is 8.42. The highest BCUT2D eigenvalue weighted by Crippen LogP contribution is 2.27. The first kappa shape index (κ1) is 9.97. The Bertz CT molecular complexity index is 458. The highest BCUT2D eigenvalue weighted by atomic mass is 127. The van der Waals surface area contributed by atoms with Gasteiger partial charge in [0.25, 0.3) is 0 Å². The van der Waals surface area contributed by atoms with Crippen molar-refractivity contribution < 1.29 is 0 Å². The lowest BCUT2D eigenvalue weighted by molar-refractivity contribution is 0.875. The fourth-order valence-corrected chi connectivity index (χ4v) is 2.45.